The van der Waals surface area contributed by atoms with Crippen LogP contribution in [0.4, 0.5) is 11.5 Å². The lowest BCUT2D eigenvalue weighted by molar-refractivity contribution is 0.0253. The van der Waals surface area contributed by atoms with Gasteiger partial charge < -0.3 is 20.5 Å². The Balaban J connectivity index is 1.71. The lowest BCUT2D eigenvalue weighted by Gasteiger charge is -2.24. The summed E-state index contributed by atoms with van der Waals surface area (Å²) in [6, 6.07) is 7.30. The predicted octanol–water partition coefficient (Wildman–Crippen LogP) is 3.44. The summed E-state index contributed by atoms with van der Waals surface area (Å²) in [5.41, 5.74) is 7.34. The number of nitrogens with two attached hydrogens (primary N) is 1. The molecule has 132 valence electrons. The normalized spacial score (nSPS) is 15.0. The van der Waals surface area contributed by atoms with Crippen LogP contribution in [0.5, 0.6) is 5.75 Å². The molecule has 1 aromatic carbocycles. The fourth-order valence-corrected chi connectivity index (χ4v) is 2.85. The van der Waals surface area contributed by atoms with Gasteiger partial charge in [0.15, 0.2) is 0 Å². The van der Waals surface area contributed by atoms with Gasteiger partial charge in [0.1, 0.15) is 17.7 Å². The first kappa shape index (κ1) is 17.5. The number of anilines is 2. The number of halogens is 1. The lowest BCUT2D eigenvalue weighted by Crippen LogP contribution is -2.26. The number of aryl methyl sites for hydroxylation is 1. The molecule has 0 aliphatic carbocycles. The van der Waals surface area contributed by atoms with Gasteiger partial charge >= 0.3 is 0 Å². The molecule has 3 rings (SSSR count). The van der Waals surface area contributed by atoms with Crippen LogP contribution in [0, 0.1) is 6.92 Å². The lowest BCUT2D eigenvalue weighted by atomic mass is 10.1. The Hall–Kier alpha value is -2.31. The van der Waals surface area contributed by atoms with Crippen molar-refractivity contribution in [2.75, 3.05) is 18.5 Å². The predicted molar refractivity (Wildman–Crippen MR) is 96.7 cm³/mol. The molecule has 2 heterocycles. The molecule has 1 saturated heterocycles. The average Bonchev–Trinajstić information content (AvgIpc) is 2.60. The molecule has 0 unspecified atom stereocenters. The van der Waals surface area contributed by atoms with Crippen molar-refractivity contribution < 1.29 is 14.3 Å². The third-order valence-corrected chi connectivity index (χ3v) is 4.31. The Morgan fingerprint density at radius 1 is 1.36 bits per heavy atom. The summed E-state index contributed by atoms with van der Waals surface area (Å²) in [5.74, 6) is 0.760. The van der Waals surface area contributed by atoms with Crippen molar-refractivity contribution >= 4 is 29.0 Å². The van der Waals surface area contributed by atoms with E-state index in [1.165, 1.54) is 12.3 Å². The van der Waals surface area contributed by atoms with E-state index in [0.29, 0.717) is 10.8 Å². The van der Waals surface area contributed by atoms with Crippen LogP contribution in [0.1, 0.15) is 28.8 Å². The first-order chi connectivity index (χ1) is 12.0. The maximum absolute atomic E-state index is 11.1. The highest BCUT2D eigenvalue weighted by molar-refractivity contribution is 6.33. The topological polar surface area (TPSA) is 86.5 Å². The smallest absolute Gasteiger partial charge is 0.250 e. The molecule has 1 aromatic heterocycles. The van der Waals surface area contributed by atoms with E-state index in [1.54, 1.807) is 0 Å². The Labute approximate surface area is 151 Å². The molecule has 2 aromatic rings. The third-order valence-electron chi connectivity index (χ3n) is 4.03. The summed E-state index contributed by atoms with van der Waals surface area (Å²) in [5, 5.41) is 3.47. The van der Waals surface area contributed by atoms with Crippen LogP contribution in [-0.4, -0.2) is 30.2 Å². The van der Waals surface area contributed by atoms with Crippen LogP contribution >= 0.6 is 11.6 Å². The molecule has 1 fully saturated rings. The highest BCUT2D eigenvalue weighted by Gasteiger charge is 2.16. The van der Waals surface area contributed by atoms with Crippen molar-refractivity contribution in [3.63, 3.8) is 0 Å². The largest absolute Gasteiger partial charge is 0.490 e. The number of rotatable bonds is 5. The zero-order chi connectivity index (χ0) is 17.8. The number of pyridine rings is 1. The van der Waals surface area contributed by atoms with Crippen molar-refractivity contribution in [1.82, 2.24) is 4.98 Å². The van der Waals surface area contributed by atoms with Crippen molar-refractivity contribution in [2.45, 2.75) is 25.9 Å². The fourth-order valence-electron chi connectivity index (χ4n) is 2.63. The molecule has 0 spiro atoms. The van der Waals surface area contributed by atoms with E-state index in [-0.39, 0.29) is 11.7 Å². The van der Waals surface area contributed by atoms with Gasteiger partial charge in [-0.15, -0.1) is 0 Å². The standard InChI is InChI=1S/C18H20ClN3O3/c1-11-8-13(2-3-16(11)25-14-4-6-24-7-5-14)22-18-15(19)9-12(10-21-18)17(20)23/h2-3,8-10,14H,4-7H2,1H3,(H2,20,23)(H,21,22). The SMILES string of the molecule is Cc1cc(Nc2ncc(C(N)=O)cc2Cl)ccc1OC1CCOCC1. The molecule has 7 heteroatoms. The summed E-state index contributed by atoms with van der Waals surface area (Å²) in [4.78, 5) is 15.3. The van der Waals surface area contributed by atoms with Gasteiger partial charge in [-0.2, -0.15) is 0 Å². The number of carbonyl (C=O) groups excluding carboxylic acids is 1. The first-order valence-corrected chi connectivity index (χ1v) is 8.48. The van der Waals surface area contributed by atoms with Gasteiger partial charge in [-0.3, -0.25) is 4.79 Å². The van der Waals surface area contributed by atoms with E-state index in [0.717, 1.165) is 43.1 Å². The fraction of sp³-hybridized carbons (Fsp3) is 0.333. The molecular formula is C18H20ClN3O3. The molecule has 1 amide bonds. The Kier molecular flexibility index (Phi) is 5.40. The number of nitrogens with one attached hydrogen (secondary N) is 1. The van der Waals surface area contributed by atoms with E-state index in [4.69, 9.17) is 26.8 Å². The van der Waals surface area contributed by atoms with Crippen LogP contribution < -0.4 is 15.8 Å². The molecule has 25 heavy (non-hydrogen) atoms. The van der Waals surface area contributed by atoms with Crippen molar-refractivity contribution in [3.05, 3.63) is 46.6 Å². The zero-order valence-corrected chi connectivity index (χ0v) is 14.7. The molecular weight excluding hydrogens is 342 g/mol. The maximum atomic E-state index is 11.1. The van der Waals surface area contributed by atoms with Crippen LogP contribution in [0.2, 0.25) is 5.02 Å². The Morgan fingerprint density at radius 2 is 2.12 bits per heavy atom. The number of carbonyl (C=O) groups is 1. The summed E-state index contributed by atoms with van der Waals surface area (Å²) in [6.07, 6.45) is 3.41. The zero-order valence-electron chi connectivity index (χ0n) is 13.9. The third kappa shape index (κ3) is 4.41. The first-order valence-electron chi connectivity index (χ1n) is 8.10. The summed E-state index contributed by atoms with van der Waals surface area (Å²) < 4.78 is 11.4. The van der Waals surface area contributed by atoms with Crippen LogP contribution in [0.3, 0.4) is 0 Å². The molecule has 6 nitrogen and oxygen atoms in total. The molecule has 0 saturated carbocycles. The van der Waals surface area contributed by atoms with Gasteiger partial charge in [0.25, 0.3) is 0 Å². The Bertz CT molecular complexity index is 776. The van der Waals surface area contributed by atoms with Gasteiger partial charge in [-0.05, 0) is 36.8 Å². The molecule has 3 N–H and O–H groups in total. The van der Waals surface area contributed by atoms with Gasteiger partial charge in [-0.1, -0.05) is 11.6 Å². The van der Waals surface area contributed by atoms with Gasteiger partial charge in [0.2, 0.25) is 5.91 Å². The number of aromatic nitrogens is 1. The van der Waals surface area contributed by atoms with Gasteiger partial charge in [-0.25, -0.2) is 4.98 Å². The summed E-state index contributed by atoms with van der Waals surface area (Å²) in [7, 11) is 0. The van der Waals surface area contributed by atoms with Gasteiger partial charge in [0, 0.05) is 24.7 Å². The maximum Gasteiger partial charge on any atom is 0.250 e. The second-order valence-corrected chi connectivity index (χ2v) is 6.36. The van der Waals surface area contributed by atoms with E-state index in [2.05, 4.69) is 10.3 Å². The quantitative estimate of drug-likeness (QED) is 0.851. The van der Waals surface area contributed by atoms with E-state index in [9.17, 15) is 4.79 Å². The van der Waals surface area contributed by atoms with Crippen molar-refractivity contribution in [3.8, 4) is 5.75 Å². The number of hydrogen-bond donors (Lipinski definition) is 2. The highest BCUT2D eigenvalue weighted by Crippen LogP contribution is 2.28. The summed E-state index contributed by atoms with van der Waals surface area (Å²) in [6.45, 7) is 3.48. The van der Waals surface area contributed by atoms with Crippen LogP contribution in [0.15, 0.2) is 30.5 Å². The van der Waals surface area contributed by atoms with Crippen molar-refractivity contribution in [1.29, 1.82) is 0 Å². The van der Waals surface area contributed by atoms with E-state index in [1.807, 2.05) is 25.1 Å². The Morgan fingerprint density at radius 3 is 2.76 bits per heavy atom. The summed E-state index contributed by atoms with van der Waals surface area (Å²) >= 11 is 6.15. The molecule has 0 atom stereocenters. The number of primary amides is 1. The minimum absolute atomic E-state index is 0.198. The second-order valence-electron chi connectivity index (χ2n) is 5.95. The monoisotopic (exact) mass is 361 g/mol. The number of benzene rings is 1. The molecule has 0 bridgehead atoms. The average molecular weight is 362 g/mol. The minimum atomic E-state index is -0.564. The number of nitrogens with zero attached hydrogens (tertiary/aromatic N) is 1. The molecule has 0 radical (unpaired) electrons. The van der Waals surface area contributed by atoms with E-state index < -0.39 is 5.91 Å². The highest BCUT2D eigenvalue weighted by atomic mass is 35.5. The second kappa shape index (κ2) is 7.72. The number of hydrogen-bond acceptors (Lipinski definition) is 5. The van der Waals surface area contributed by atoms with Gasteiger partial charge in [0.05, 0.1) is 23.8 Å². The molecule has 1 aliphatic heterocycles. The molecule has 1 aliphatic rings. The number of amides is 1. The number of ether oxygens (including phenoxy) is 2. The van der Waals surface area contributed by atoms with Crippen LogP contribution in [-0.2, 0) is 4.74 Å². The van der Waals surface area contributed by atoms with E-state index >= 15 is 0 Å². The van der Waals surface area contributed by atoms with Crippen LogP contribution in [0.25, 0.3) is 0 Å². The minimum Gasteiger partial charge on any atom is -0.490 e. The van der Waals surface area contributed by atoms with Crippen molar-refractivity contribution in [2.24, 2.45) is 5.73 Å².